The van der Waals surface area contributed by atoms with Crippen LogP contribution >= 0.6 is 0 Å². The van der Waals surface area contributed by atoms with Crippen LogP contribution in [0.25, 0.3) is 0 Å². The Bertz CT molecular complexity index is 460. The molecule has 3 N–H and O–H groups in total. The Labute approximate surface area is 103 Å². The summed E-state index contributed by atoms with van der Waals surface area (Å²) >= 11 is 0. The third-order valence-corrected chi connectivity index (χ3v) is 2.68. The van der Waals surface area contributed by atoms with E-state index in [1.54, 1.807) is 0 Å². The number of likely N-dealkylation sites (tertiary alicyclic amines) is 1. The number of nitrogens with one attached hydrogen (secondary N) is 1. The van der Waals surface area contributed by atoms with Crippen LogP contribution in [0, 0.1) is 0 Å². The Morgan fingerprint density at radius 2 is 2.22 bits per heavy atom. The van der Waals surface area contributed by atoms with Crippen LogP contribution in [0.2, 0.25) is 0 Å². The molecule has 7 heteroatoms. The first-order chi connectivity index (χ1) is 8.56. The fourth-order valence-electron chi connectivity index (χ4n) is 1.81. The summed E-state index contributed by atoms with van der Waals surface area (Å²) in [5.41, 5.74) is 0.542. The molecule has 0 aromatic carbocycles. The van der Waals surface area contributed by atoms with Crippen molar-refractivity contribution in [1.82, 2.24) is 9.88 Å². The Hall–Kier alpha value is -2.15. The molecule has 2 rings (SSSR count). The fraction of sp³-hybridized carbons (Fsp3) is 0.364. The number of pyridine rings is 1. The molecule has 2 amide bonds. The maximum Gasteiger partial charge on any atom is 0.409 e. The molecule has 1 aliphatic rings. The maximum atomic E-state index is 11.9. The molecule has 2 heterocycles. The third kappa shape index (κ3) is 2.75. The highest BCUT2D eigenvalue weighted by atomic mass is 16.4. The number of carboxylic acid groups (broad SMARTS) is 1. The van der Waals surface area contributed by atoms with E-state index < -0.39 is 12.2 Å². The molecule has 0 spiro atoms. The van der Waals surface area contributed by atoms with Gasteiger partial charge in [-0.3, -0.25) is 10.1 Å². The molecule has 1 saturated heterocycles. The molecule has 0 bridgehead atoms. The van der Waals surface area contributed by atoms with Gasteiger partial charge in [-0.1, -0.05) is 0 Å². The Morgan fingerprint density at radius 1 is 1.44 bits per heavy atom. The van der Waals surface area contributed by atoms with E-state index in [0.717, 1.165) is 0 Å². The number of amides is 2. The number of β-amino-alcohol motifs (C(OH)–C–C–N with tert-alkyl or cyclic N) is 1. The Morgan fingerprint density at radius 3 is 2.72 bits per heavy atom. The predicted molar refractivity (Wildman–Crippen MR) is 62.4 cm³/mol. The van der Waals surface area contributed by atoms with Gasteiger partial charge >= 0.3 is 6.09 Å². The number of nitrogens with zero attached hydrogens (tertiary/aromatic N) is 2. The summed E-state index contributed by atoms with van der Waals surface area (Å²) in [6.45, 7) is 0.826. The fourth-order valence-corrected chi connectivity index (χ4v) is 1.81. The van der Waals surface area contributed by atoms with Crippen LogP contribution in [0.1, 0.15) is 16.9 Å². The van der Waals surface area contributed by atoms with Gasteiger partial charge in [0.2, 0.25) is 0 Å². The van der Waals surface area contributed by atoms with Crippen molar-refractivity contribution >= 4 is 17.7 Å². The van der Waals surface area contributed by atoms with Crippen molar-refractivity contribution in [3.8, 4) is 0 Å². The van der Waals surface area contributed by atoms with Crippen LogP contribution in [0.4, 0.5) is 10.5 Å². The molecule has 0 aliphatic carbocycles. The van der Waals surface area contributed by atoms with Gasteiger partial charge in [-0.15, -0.1) is 0 Å². The first-order valence-corrected chi connectivity index (χ1v) is 5.49. The van der Waals surface area contributed by atoms with Gasteiger partial charge in [0, 0.05) is 13.1 Å². The normalized spacial score (nSPS) is 18.7. The number of aliphatic hydroxyl groups is 1. The molecule has 0 unspecified atom stereocenters. The molecule has 18 heavy (non-hydrogen) atoms. The van der Waals surface area contributed by atoms with Crippen molar-refractivity contribution < 1.29 is 19.8 Å². The van der Waals surface area contributed by atoms with Crippen molar-refractivity contribution in [3.63, 3.8) is 0 Å². The van der Waals surface area contributed by atoms with Crippen LogP contribution < -0.4 is 5.32 Å². The summed E-state index contributed by atoms with van der Waals surface area (Å²) in [7, 11) is 0. The van der Waals surface area contributed by atoms with Gasteiger partial charge < -0.3 is 15.1 Å². The second kappa shape index (κ2) is 5.01. The van der Waals surface area contributed by atoms with E-state index >= 15 is 0 Å². The lowest BCUT2D eigenvalue weighted by Crippen LogP contribution is -2.30. The quantitative estimate of drug-likeness (QED) is 0.705. The SMILES string of the molecule is O=C(O)Nc1ccc(C(=O)N2CC[C@H](O)C2)nc1. The number of hydrogen-bond acceptors (Lipinski definition) is 4. The van der Waals surface area contributed by atoms with E-state index in [1.807, 2.05) is 0 Å². The zero-order valence-corrected chi connectivity index (χ0v) is 9.54. The lowest BCUT2D eigenvalue weighted by Gasteiger charge is -2.14. The van der Waals surface area contributed by atoms with E-state index in [9.17, 15) is 14.7 Å². The number of hydrogen-bond donors (Lipinski definition) is 3. The first kappa shape index (κ1) is 12.3. The number of carbonyl (C=O) groups excluding carboxylic acids is 1. The largest absolute Gasteiger partial charge is 0.465 e. The van der Waals surface area contributed by atoms with E-state index in [4.69, 9.17) is 5.11 Å². The standard InChI is InChI=1S/C11H13N3O4/c15-8-3-4-14(6-8)10(16)9-2-1-7(5-12-9)13-11(17)18/h1-2,5,8,13,15H,3-4,6H2,(H,17,18)/t8-/m0/s1. The Balaban J connectivity index is 2.05. The van der Waals surface area contributed by atoms with Gasteiger partial charge in [-0.05, 0) is 18.6 Å². The monoisotopic (exact) mass is 251 g/mol. The molecule has 7 nitrogen and oxygen atoms in total. The second-order valence-electron chi connectivity index (χ2n) is 4.06. The summed E-state index contributed by atoms with van der Waals surface area (Å²) in [5, 5.41) is 20.0. The van der Waals surface area contributed by atoms with E-state index in [2.05, 4.69) is 10.3 Å². The van der Waals surface area contributed by atoms with Crippen molar-refractivity contribution in [2.24, 2.45) is 0 Å². The van der Waals surface area contributed by atoms with E-state index in [0.29, 0.717) is 25.2 Å². The van der Waals surface area contributed by atoms with Crippen LogP contribution in [0.15, 0.2) is 18.3 Å². The summed E-state index contributed by atoms with van der Waals surface area (Å²) < 4.78 is 0. The van der Waals surface area contributed by atoms with Crippen LogP contribution in [0.3, 0.4) is 0 Å². The van der Waals surface area contributed by atoms with Crippen molar-refractivity contribution in [1.29, 1.82) is 0 Å². The number of carbonyl (C=O) groups is 2. The van der Waals surface area contributed by atoms with Crippen molar-refractivity contribution in [2.75, 3.05) is 18.4 Å². The highest BCUT2D eigenvalue weighted by molar-refractivity contribution is 5.93. The van der Waals surface area contributed by atoms with Gasteiger partial charge in [-0.25, -0.2) is 9.78 Å². The molecule has 1 atom stereocenters. The topological polar surface area (TPSA) is 103 Å². The van der Waals surface area contributed by atoms with Gasteiger partial charge in [0.15, 0.2) is 0 Å². The molecular weight excluding hydrogens is 238 g/mol. The highest BCUT2D eigenvalue weighted by Crippen LogP contribution is 2.13. The summed E-state index contributed by atoms with van der Waals surface area (Å²) in [5.74, 6) is -0.256. The summed E-state index contributed by atoms with van der Waals surface area (Å²) in [4.78, 5) is 27.8. The smallest absolute Gasteiger partial charge is 0.409 e. The zero-order chi connectivity index (χ0) is 13.1. The molecule has 1 aromatic rings. The molecule has 1 fully saturated rings. The van der Waals surface area contributed by atoms with Gasteiger partial charge in [-0.2, -0.15) is 0 Å². The number of aliphatic hydroxyl groups excluding tert-OH is 1. The van der Waals surface area contributed by atoms with E-state index in [-0.39, 0.29) is 11.6 Å². The zero-order valence-electron chi connectivity index (χ0n) is 9.54. The molecule has 1 aliphatic heterocycles. The lowest BCUT2D eigenvalue weighted by atomic mass is 10.3. The molecular formula is C11H13N3O4. The average molecular weight is 251 g/mol. The molecule has 1 aromatic heterocycles. The third-order valence-electron chi connectivity index (χ3n) is 2.68. The van der Waals surface area contributed by atoms with Crippen LogP contribution in [0.5, 0.6) is 0 Å². The van der Waals surface area contributed by atoms with Gasteiger partial charge in [0.1, 0.15) is 5.69 Å². The average Bonchev–Trinajstić information content (AvgIpc) is 2.75. The molecule has 0 saturated carbocycles. The minimum atomic E-state index is -1.18. The minimum Gasteiger partial charge on any atom is -0.465 e. The van der Waals surface area contributed by atoms with E-state index in [1.165, 1.54) is 23.2 Å². The van der Waals surface area contributed by atoms with Gasteiger partial charge in [0.05, 0.1) is 18.0 Å². The summed E-state index contributed by atoms with van der Waals surface area (Å²) in [6.07, 6.45) is 0.207. The number of anilines is 1. The first-order valence-electron chi connectivity index (χ1n) is 5.49. The second-order valence-corrected chi connectivity index (χ2v) is 4.06. The highest BCUT2D eigenvalue weighted by Gasteiger charge is 2.25. The lowest BCUT2D eigenvalue weighted by molar-refractivity contribution is 0.0759. The number of rotatable bonds is 2. The van der Waals surface area contributed by atoms with Crippen LogP contribution in [-0.2, 0) is 0 Å². The predicted octanol–water partition coefficient (Wildman–Crippen LogP) is 0.378. The van der Waals surface area contributed by atoms with Crippen molar-refractivity contribution in [3.05, 3.63) is 24.0 Å². The van der Waals surface area contributed by atoms with Crippen molar-refractivity contribution in [2.45, 2.75) is 12.5 Å². The maximum absolute atomic E-state index is 11.9. The summed E-state index contributed by atoms with van der Waals surface area (Å²) in [6, 6.07) is 2.93. The molecule has 0 radical (unpaired) electrons. The number of aromatic nitrogens is 1. The Kier molecular flexibility index (Phi) is 3.42. The van der Waals surface area contributed by atoms with Gasteiger partial charge in [0.25, 0.3) is 5.91 Å². The molecule has 96 valence electrons. The minimum absolute atomic E-state index is 0.236. The van der Waals surface area contributed by atoms with Crippen LogP contribution in [-0.4, -0.2) is 51.3 Å².